The van der Waals surface area contributed by atoms with Crippen LogP contribution < -0.4 is 11.1 Å². The quantitative estimate of drug-likeness (QED) is 0.402. The highest BCUT2D eigenvalue weighted by Crippen LogP contribution is 2.17. The summed E-state index contributed by atoms with van der Waals surface area (Å²) >= 11 is 5.53. The van der Waals surface area contributed by atoms with Crippen LogP contribution in [0, 0.1) is 0 Å². The average molecular weight is 515 g/mol. The monoisotopic (exact) mass is 514 g/mol. The van der Waals surface area contributed by atoms with E-state index in [4.69, 9.17) is 22.1 Å². The molecule has 2 saturated carbocycles. The Morgan fingerprint density at radius 2 is 1.17 bits per heavy atom. The van der Waals surface area contributed by atoms with E-state index >= 15 is 0 Å². The summed E-state index contributed by atoms with van der Waals surface area (Å²) in [6, 6.07) is 20.6. The van der Waals surface area contributed by atoms with E-state index < -0.39 is 0 Å². The van der Waals surface area contributed by atoms with E-state index in [9.17, 15) is 4.79 Å². The number of carbonyl (C=O) groups is 1. The van der Waals surface area contributed by atoms with Gasteiger partial charge in [0.05, 0.1) is 0 Å². The van der Waals surface area contributed by atoms with Crippen molar-refractivity contribution in [3.63, 3.8) is 0 Å². The predicted molar refractivity (Wildman–Crippen MR) is 152 cm³/mol. The molecule has 0 unspecified atom stereocenters. The number of benzene rings is 2. The summed E-state index contributed by atoms with van der Waals surface area (Å²) in [7, 11) is 0. The third-order valence-corrected chi connectivity index (χ3v) is 7.10. The number of amides is 1. The van der Waals surface area contributed by atoms with E-state index in [-0.39, 0.29) is 6.09 Å². The lowest BCUT2D eigenvalue weighted by Gasteiger charge is -2.20. The molecule has 0 saturated heterocycles. The molecular formula is C31H47ClN2O2. The van der Waals surface area contributed by atoms with Crippen molar-refractivity contribution >= 4 is 17.7 Å². The van der Waals surface area contributed by atoms with E-state index in [0.29, 0.717) is 24.6 Å². The number of carbonyl (C=O) groups excluding carboxylic acids is 1. The van der Waals surface area contributed by atoms with Crippen LogP contribution in [-0.2, 0) is 17.2 Å². The number of hydrogen-bond acceptors (Lipinski definition) is 3. The molecule has 3 N–H and O–H groups in total. The first-order chi connectivity index (χ1) is 17.7. The van der Waals surface area contributed by atoms with Gasteiger partial charge in [0.2, 0.25) is 0 Å². The summed E-state index contributed by atoms with van der Waals surface area (Å²) < 4.78 is 5.25. The van der Waals surface area contributed by atoms with Gasteiger partial charge in [-0.1, -0.05) is 125 Å². The Morgan fingerprint density at radius 1 is 0.722 bits per heavy atom. The molecule has 2 aromatic carbocycles. The summed E-state index contributed by atoms with van der Waals surface area (Å²) in [6.45, 7) is 0.347. The second kappa shape index (κ2) is 20.1. The van der Waals surface area contributed by atoms with Crippen molar-refractivity contribution < 1.29 is 9.53 Å². The molecule has 2 aliphatic carbocycles. The maximum absolute atomic E-state index is 11.7. The normalized spacial score (nSPS) is 17.4. The minimum absolute atomic E-state index is 0.283. The van der Waals surface area contributed by atoms with E-state index in [0.717, 1.165) is 18.4 Å². The molecule has 1 amide bonds. The van der Waals surface area contributed by atoms with Crippen LogP contribution in [0.3, 0.4) is 0 Å². The van der Waals surface area contributed by atoms with Gasteiger partial charge < -0.3 is 15.8 Å². The molecule has 0 heterocycles. The van der Waals surface area contributed by atoms with Crippen LogP contribution in [-0.4, -0.2) is 18.2 Å². The van der Waals surface area contributed by atoms with Crippen LogP contribution in [0.25, 0.3) is 0 Å². The maximum Gasteiger partial charge on any atom is 0.407 e. The lowest BCUT2D eigenvalue weighted by atomic mass is 9.97. The number of ether oxygens (including phenoxy) is 1. The fourth-order valence-electron chi connectivity index (χ4n) is 4.59. The van der Waals surface area contributed by atoms with Crippen molar-refractivity contribution in [2.45, 2.75) is 114 Å². The SMILES string of the molecule is ClCc1ccccc1.NC1CCCCCCC1.O=C(NC1CCCCCCC1)OCc1ccccc1. The number of nitrogens with one attached hydrogen (secondary N) is 1. The molecule has 0 spiro atoms. The zero-order valence-electron chi connectivity index (χ0n) is 22.0. The Morgan fingerprint density at radius 3 is 1.64 bits per heavy atom. The molecule has 4 rings (SSSR count). The second-order valence-electron chi connectivity index (χ2n) is 9.97. The topological polar surface area (TPSA) is 64.4 Å². The van der Waals surface area contributed by atoms with Crippen molar-refractivity contribution in [2.24, 2.45) is 5.73 Å². The Balaban J connectivity index is 0.000000221. The molecule has 4 nitrogen and oxygen atoms in total. The molecule has 200 valence electrons. The standard InChI is InChI=1S/C16H23NO2.C8H17N.C7H7Cl/c18-16(19-13-14-9-5-4-6-10-14)17-15-11-7-2-1-3-8-12-15;9-8-6-4-2-1-3-5-7-8;8-6-7-4-2-1-3-5-7/h4-6,9-10,15H,1-3,7-8,11-13H2,(H,17,18);8H,1-7,9H2;1-5H,6H2. The fourth-order valence-corrected chi connectivity index (χ4v) is 4.76. The third-order valence-electron chi connectivity index (χ3n) is 6.79. The molecule has 2 aliphatic rings. The lowest BCUT2D eigenvalue weighted by Crippen LogP contribution is -2.35. The van der Waals surface area contributed by atoms with Crippen LogP contribution in [0.2, 0.25) is 0 Å². The third kappa shape index (κ3) is 15.2. The van der Waals surface area contributed by atoms with Crippen LogP contribution in [0.4, 0.5) is 4.79 Å². The van der Waals surface area contributed by atoms with Gasteiger partial charge in [-0.2, -0.15) is 0 Å². The molecule has 0 bridgehead atoms. The van der Waals surface area contributed by atoms with Gasteiger partial charge in [-0.05, 0) is 36.8 Å². The van der Waals surface area contributed by atoms with Gasteiger partial charge in [-0.3, -0.25) is 0 Å². The minimum atomic E-state index is -0.283. The molecular weight excluding hydrogens is 468 g/mol. The van der Waals surface area contributed by atoms with Crippen LogP contribution in [0.1, 0.15) is 101 Å². The highest BCUT2D eigenvalue weighted by atomic mass is 35.5. The summed E-state index contributed by atoms with van der Waals surface area (Å²) in [5, 5.41) is 3.00. The van der Waals surface area contributed by atoms with E-state index in [1.807, 2.05) is 60.7 Å². The Hall–Kier alpha value is -2.04. The predicted octanol–water partition coefficient (Wildman–Crippen LogP) is 8.51. The summed E-state index contributed by atoms with van der Waals surface area (Å²) in [6.07, 6.45) is 17.7. The van der Waals surface area contributed by atoms with E-state index in [2.05, 4.69) is 5.32 Å². The van der Waals surface area contributed by atoms with Gasteiger partial charge in [0.15, 0.2) is 0 Å². The highest BCUT2D eigenvalue weighted by Gasteiger charge is 2.14. The Bertz CT molecular complexity index is 772. The van der Waals surface area contributed by atoms with E-state index in [1.54, 1.807) is 0 Å². The number of alkyl halides is 1. The first kappa shape index (κ1) is 30.2. The highest BCUT2D eigenvalue weighted by molar-refractivity contribution is 6.17. The number of nitrogens with two attached hydrogens (primary N) is 1. The van der Waals surface area contributed by atoms with Crippen molar-refractivity contribution in [2.75, 3.05) is 0 Å². The summed E-state index contributed by atoms with van der Waals surface area (Å²) in [4.78, 5) is 11.7. The summed E-state index contributed by atoms with van der Waals surface area (Å²) in [5.41, 5.74) is 8.00. The lowest BCUT2D eigenvalue weighted by molar-refractivity contribution is 0.133. The van der Waals surface area contributed by atoms with Gasteiger partial charge in [-0.25, -0.2) is 4.79 Å². The van der Waals surface area contributed by atoms with Crippen molar-refractivity contribution in [3.05, 3.63) is 71.8 Å². The average Bonchev–Trinajstić information content (AvgIpc) is 2.88. The van der Waals surface area contributed by atoms with Crippen LogP contribution >= 0.6 is 11.6 Å². The van der Waals surface area contributed by atoms with Crippen molar-refractivity contribution in [1.82, 2.24) is 5.32 Å². The molecule has 0 radical (unpaired) electrons. The Labute approximate surface area is 224 Å². The van der Waals surface area contributed by atoms with Crippen LogP contribution in [0.15, 0.2) is 60.7 Å². The van der Waals surface area contributed by atoms with Gasteiger partial charge in [0.1, 0.15) is 6.61 Å². The van der Waals surface area contributed by atoms with Crippen molar-refractivity contribution in [3.8, 4) is 0 Å². The number of hydrogen-bond donors (Lipinski definition) is 2. The zero-order chi connectivity index (χ0) is 25.7. The smallest absolute Gasteiger partial charge is 0.407 e. The molecule has 0 atom stereocenters. The zero-order valence-corrected chi connectivity index (χ0v) is 22.8. The molecule has 0 aliphatic heterocycles. The Kier molecular flexibility index (Phi) is 16.8. The van der Waals surface area contributed by atoms with Gasteiger partial charge in [0.25, 0.3) is 0 Å². The first-order valence-corrected chi connectivity index (χ1v) is 14.5. The van der Waals surface area contributed by atoms with Gasteiger partial charge >= 0.3 is 6.09 Å². The molecule has 2 aromatic rings. The van der Waals surface area contributed by atoms with Crippen LogP contribution in [0.5, 0.6) is 0 Å². The number of rotatable bonds is 4. The molecule has 0 aromatic heterocycles. The fraction of sp³-hybridized carbons (Fsp3) is 0.581. The maximum atomic E-state index is 11.7. The molecule has 5 heteroatoms. The van der Waals surface area contributed by atoms with Crippen molar-refractivity contribution in [1.29, 1.82) is 0 Å². The second-order valence-corrected chi connectivity index (χ2v) is 10.2. The van der Waals surface area contributed by atoms with Gasteiger partial charge in [0, 0.05) is 18.0 Å². The van der Waals surface area contributed by atoms with E-state index in [1.165, 1.54) is 82.6 Å². The molecule has 2 fully saturated rings. The summed E-state index contributed by atoms with van der Waals surface area (Å²) in [5.74, 6) is 0.612. The first-order valence-electron chi connectivity index (χ1n) is 14.0. The largest absolute Gasteiger partial charge is 0.445 e. The van der Waals surface area contributed by atoms with Gasteiger partial charge in [-0.15, -0.1) is 11.6 Å². The molecule has 36 heavy (non-hydrogen) atoms. The number of alkyl carbamates (subject to hydrolysis) is 1. The minimum Gasteiger partial charge on any atom is -0.445 e. The number of halogens is 1.